The van der Waals surface area contributed by atoms with Crippen molar-refractivity contribution in [3.05, 3.63) is 52.9 Å². The summed E-state index contributed by atoms with van der Waals surface area (Å²) in [7, 11) is 0. The third-order valence-electron chi connectivity index (χ3n) is 5.40. The molecule has 1 aromatic carbocycles. The van der Waals surface area contributed by atoms with Gasteiger partial charge in [0.05, 0.1) is 5.69 Å². The van der Waals surface area contributed by atoms with E-state index in [9.17, 15) is 9.59 Å². The summed E-state index contributed by atoms with van der Waals surface area (Å²) in [6.45, 7) is 6.59. The Morgan fingerprint density at radius 2 is 1.93 bits per heavy atom. The highest BCUT2D eigenvalue weighted by Gasteiger charge is 2.30. The van der Waals surface area contributed by atoms with Crippen molar-refractivity contribution in [2.24, 2.45) is 5.92 Å². The molecule has 0 radical (unpaired) electrons. The fourth-order valence-electron chi connectivity index (χ4n) is 3.75. The molecule has 1 fully saturated rings. The Bertz CT molecular complexity index is 807. The molecule has 2 heterocycles. The number of amides is 1. The van der Waals surface area contributed by atoms with Gasteiger partial charge in [0, 0.05) is 13.1 Å². The van der Waals surface area contributed by atoms with Crippen molar-refractivity contribution >= 4 is 11.9 Å². The average molecular weight is 384 g/mol. The normalized spacial score (nSPS) is 16.0. The van der Waals surface area contributed by atoms with Crippen LogP contribution in [-0.4, -0.2) is 41.1 Å². The molecule has 6 nitrogen and oxygen atoms in total. The second kappa shape index (κ2) is 9.04. The Kier molecular flexibility index (Phi) is 6.49. The Hall–Kier alpha value is -2.63. The van der Waals surface area contributed by atoms with Gasteiger partial charge in [-0.25, -0.2) is 4.79 Å². The van der Waals surface area contributed by atoms with Crippen molar-refractivity contribution in [1.82, 2.24) is 10.1 Å². The number of rotatable bonds is 6. The molecule has 1 aromatic heterocycles. The number of esters is 1. The van der Waals surface area contributed by atoms with E-state index in [1.807, 2.05) is 13.0 Å². The number of hydrogen-bond donors (Lipinski definition) is 0. The average Bonchev–Trinajstić information content (AvgIpc) is 3.09. The van der Waals surface area contributed by atoms with Gasteiger partial charge in [-0.3, -0.25) is 4.79 Å². The third-order valence-corrected chi connectivity index (χ3v) is 5.40. The zero-order valence-electron chi connectivity index (χ0n) is 16.8. The first kappa shape index (κ1) is 20.1. The van der Waals surface area contributed by atoms with Crippen LogP contribution in [0.25, 0.3) is 0 Å². The molecule has 28 heavy (non-hydrogen) atoms. The van der Waals surface area contributed by atoms with E-state index in [1.165, 1.54) is 5.56 Å². The molecule has 0 N–H and O–H groups in total. The molecule has 1 amide bonds. The lowest BCUT2D eigenvalue weighted by Gasteiger charge is -2.33. The van der Waals surface area contributed by atoms with Gasteiger partial charge in [-0.15, -0.1) is 0 Å². The van der Waals surface area contributed by atoms with Crippen molar-refractivity contribution in [3.8, 4) is 0 Å². The largest absolute Gasteiger partial charge is 0.449 e. The van der Waals surface area contributed by atoms with Crippen molar-refractivity contribution in [1.29, 1.82) is 0 Å². The van der Waals surface area contributed by atoms with Crippen molar-refractivity contribution in [3.63, 3.8) is 0 Å². The van der Waals surface area contributed by atoms with Crippen LogP contribution in [0.5, 0.6) is 0 Å². The summed E-state index contributed by atoms with van der Waals surface area (Å²) in [5.41, 5.74) is 2.23. The first-order chi connectivity index (χ1) is 13.5. The number of nitrogens with zero attached hydrogens (tertiary/aromatic N) is 2. The van der Waals surface area contributed by atoms with E-state index in [2.05, 4.69) is 29.4 Å². The highest BCUT2D eigenvalue weighted by molar-refractivity contribution is 5.94. The second-order valence-corrected chi connectivity index (χ2v) is 7.42. The molecule has 2 aromatic rings. The Labute approximate surface area is 165 Å². The Morgan fingerprint density at radius 1 is 1.25 bits per heavy atom. The fourth-order valence-corrected chi connectivity index (χ4v) is 3.75. The summed E-state index contributed by atoms with van der Waals surface area (Å²) >= 11 is 0. The summed E-state index contributed by atoms with van der Waals surface area (Å²) in [4.78, 5) is 27.0. The molecule has 0 bridgehead atoms. The van der Waals surface area contributed by atoms with Crippen LogP contribution in [0, 0.1) is 12.8 Å². The second-order valence-electron chi connectivity index (χ2n) is 7.42. The van der Waals surface area contributed by atoms with Gasteiger partial charge in [-0.2, -0.15) is 0 Å². The molecule has 1 atom stereocenters. The van der Waals surface area contributed by atoms with Crippen LogP contribution in [0.3, 0.4) is 0 Å². The predicted molar refractivity (Wildman–Crippen MR) is 105 cm³/mol. The number of benzene rings is 1. The highest BCUT2D eigenvalue weighted by atomic mass is 16.5. The number of carbonyl (C=O) groups excluding carboxylic acids is 2. The number of ether oxygens (including phenoxy) is 1. The zero-order chi connectivity index (χ0) is 20.1. The number of carbonyl (C=O) groups is 2. The molecular weight excluding hydrogens is 356 g/mol. The molecular formula is C22H28N2O4. The van der Waals surface area contributed by atoms with Crippen molar-refractivity contribution in [2.45, 2.75) is 52.6 Å². The highest BCUT2D eigenvalue weighted by Crippen LogP contribution is 2.23. The first-order valence-corrected chi connectivity index (χ1v) is 9.98. The fraction of sp³-hybridized carbons (Fsp3) is 0.500. The van der Waals surface area contributed by atoms with Crippen molar-refractivity contribution in [2.75, 3.05) is 13.1 Å². The van der Waals surface area contributed by atoms with E-state index in [-0.39, 0.29) is 5.91 Å². The smallest absolute Gasteiger partial charge is 0.344 e. The van der Waals surface area contributed by atoms with E-state index >= 15 is 0 Å². The zero-order valence-corrected chi connectivity index (χ0v) is 16.8. The van der Waals surface area contributed by atoms with E-state index in [0.717, 1.165) is 19.3 Å². The molecule has 0 saturated carbocycles. The van der Waals surface area contributed by atoms with Crippen LogP contribution in [0.1, 0.15) is 54.1 Å². The Morgan fingerprint density at radius 3 is 2.57 bits per heavy atom. The number of aryl methyl sites for hydroxylation is 2. The molecule has 150 valence electrons. The maximum atomic E-state index is 12.7. The molecule has 6 heteroatoms. The van der Waals surface area contributed by atoms with Gasteiger partial charge in [-0.1, -0.05) is 42.4 Å². The molecule has 0 unspecified atom stereocenters. The first-order valence-electron chi connectivity index (χ1n) is 9.98. The van der Waals surface area contributed by atoms with E-state index in [1.54, 1.807) is 18.7 Å². The summed E-state index contributed by atoms with van der Waals surface area (Å²) in [6.07, 6.45) is 2.72. The topological polar surface area (TPSA) is 72.6 Å². The summed E-state index contributed by atoms with van der Waals surface area (Å²) < 4.78 is 10.5. The summed E-state index contributed by atoms with van der Waals surface area (Å²) in [5, 5.41) is 3.87. The summed E-state index contributed by atoms with van der Waals surface area (Å²) in [5.74, 6) is 0.313. The standard InChI is InChI=1S/C22H28N2O4/c1-4-19-20(15(2)28-23-19)22(26)27-16(3)21(25)24-12-10-18(11-13-24)14-17-8-6-5-7-9-17/h5-9,16,18H,4,10-14H2,1-3H3/t16-/m1/s1. The predicted octanol–water partition coefficient (Wildman–Crippen LogP) is 3.57. The van der Waals surface area contributed by atoms with E-state index in [0.29, 0.717) is 42.4 Å². The quantitative estimate of drug-likeness (QED) is 0.712. The van der Waals surface area contributed by atoms with E-state index in [4.69, 9.17) is 9.26 Å². The minimum Gasteiger partial charge on any atom is -0.449 e. The van der Waals surface area contributed by atoms with Gasteiger partial charge in [-0.05, 0) is 51.0 Å². The molecule has 3 rings (SSSR count). The molecule has 1 saturated heterocycles. The number of likely N-dealkylation sites (tertiary alicyclic amines) is 1. The SMILES string of the molecule is CCc1noc(C)c1C(=O)O[C@H](C)C(=O)N1CCC(Cc2ccccc2)CC1. The van der Waals surface area contributed by atoms with Crippen LogP contribution in [0.4, 0.5) is 0 Å². The van der Waals surface area contributed by atoms with Gasteiger partial charge < -0.3 is 14.2 Å². The monoisotopic (exact) mass is 384 g/mol. The van der Waals surface area contributed by atoms with Crippen molar-refractivity contribution < 1.29 is 18.8 Å². The minimum absolute atomic E-state index is 0.140. The summed E-state index contributed by atoms with van der Waals surface area (Å²) in [6, 6.07) is 10.4. The number of aromatic nitrogens is 1. The maximum Gasteiger partial charge on any atom is 0.344 e. The van der Waals surface area contributed by atoms with Crippen LogP contribution in [-0.2, 0) is 22.4 Å². The lowest BCUT2D eigenvalue weighted by atomic mass is 9.90. The lowest BCUT2D eigenvalue weighted by Crippen LogP contribution is -2.44. The van der Waals surface area contributed by atoms with Crippen LogP contribution < -0.4 is 0 Å². The van der Waals surface area contributed by atoms with Gasteiger partial charge in [0.15, 0.2) is 6.10 Å². The molecule has 1 aliphatic rings. The number of hydrogen-bond acceptors (Lipinski definition) is 5. The minimum atomic E-state index is -0.822. The van der Waals surface area contributed by atoms with Gasteiger partial charge in [0.1, 0.15) is 11.3 Å². The van der Waals surface area contributed by atoms with Crippen LogP contribution >= 0.6 is 0 Å². The van der Waals surface area contributed by atoms with Crippen LogP contribution in [0.15, 0.2) is 34.9 Å². The molecule has 1 aliphatic heterocycles. The third kappa shape index (κ3) is 4.61. The van der Waals surface area contributed by atoms with Crippen LogP contribution in [0.2, 0.25) is 0 Å². The maximum absolute atomic E-state index is 12.7. The molecule has 0 spiro atoms. The molecule has 0 aliphatic carbocycles. The Balaban J connectivity index is 1.51. The van der Waals surface area contributed by atoms with Gasteiger partial charge in [0.2, 0.25) is 0 Å². The van der Waals surface area contributed by atoms with Gasteiger partial charge >= 0.3 is 5.97 Å². The van der Waals surface area contributed by atoms with E-state index < -0.39 is 12.1 Å². The number of piperidine rings is 1. The lowest BCUT2D eigenvalue weighted by molar-refractivity contribution is -0.141. The van der Waals surface area contributed by atoms with Gasteiger partial charge in [0.25, 0.3) is 5.91 Å².